The highest BCUT2D eigenvalue weighted by Gasteiger charge is 2.01. The predicted octanol–water partition coefficient (Wildman–Crippen LogP) is 1.29. The third kappa shape index (κ3) is 3.18. The van der Waals surface area contributed by atoms with Crippen LogP contribution >= 0.6 is 23.3 Å². The van der Waals surface area contributed by atoms with Gasteiger partial charge in [-0.05, 0) is 25.4 Å². The minimum absolute atomic E-state index is 0.226. The van der Waals surface area contributed by atoms with E-state index in [-0.39, 0.29) is 6.04 Å². The smallest absolute Gasteiger partial charge is 0.170 e. The van der Waals surface area contributed by atoms with Crippen molar-refractivity contribution in [1.82, 2.24) is 9.36 Å². The Bertz CT molecular complexity index is 221. The summed E-state index contributed by atoms with van der Waals surface area (Å²) in [6, 6.07) is 0.226. The van der Waals surface area contributed by atoms with Crippen LogP contribution in [0.5, 0.6) is 0 Å². The Hall–Kier alpha value is -0.130. The molecule has 1 rings (SSSR count). The van der Waals surface area contributed by atoms with Crippen LogP contribution in [0.3, 0.4) is 0 Å². The first-order chi connectivity index (χ1) is 5.18. The topological polar surface area (TPSA) is 51.8 Å². The molecule has 0 saturated carbocycles. The fourth-order valence-corrected chi connectivity index (χ4v) is 2.09. The lowest BCUT2D eigenvalue weighted by atomic mass is 10.4. The summed E-state index contributed by atoms with van der Waals surface area (Å²) in [4.78, 5) is 4.20. The predicted molar refractivity (Wildman–Crippen MR) is 49.0 cm³/mol. The second-order valence-corrected chi connectivity index (χ2v) is 4.41. The van der Waals surface area contributed by atoms with Gasteiger partial charge in [-0.15, -0.1) is 0 Å². The van der Waals surface area contributed by atoms with Crippen molar-refractivity contribution in [3.05, 3.63) is 5.82 Å². The summed E-state index contributed by atoms with van der Waals surface area (Å²) in [6.45, 7) is 3.88. The van der Waals surface area contributed by atoms with Crippen LogP contribution in [0, 0.1) is 6.92 Å². The molecule has 1 aromatic rings. The average Bonchev–Trinajstić information content (AvgIpc) is 2.31. The molecule has 0 aromatic carbocycles. The maximum absolute atomic E-state index is 5.58. The molecule has 0 unspecified atom stereocenters. The quantitative estimate of drug-likeness (QED) is 0.728. The summed E-state index contributed by atoms with van der Waals surface area (Å²) in [7, 11) is 0. The van der Waals surface area contributed by atoms with Crippen LogP contribution in [0.15, 0.2) is 4.34 Å². The van der Waals surface area contributed by atoms with E-state index >= 15 is 0 Å². The van der Waals surface area contributed by atoms with Gasteiger partial charge in [-0.1, -0.05) is 11.8 Å². The van der Waals surface area contributed by atoms with Crippen molar-refractivity contribution < 1.29 is 0 Å². The fourth-order valence-electron chi connectivity index (χ4n) is 0.539. The Labute approximate surface area is 74.6 Å². The zero-order valence-corrected chi connectivity index (χ0v) is 8.21. The van der Waals surface area contributed by atoms with Gasteiger partial charge in [-0.2, -0.15) is 4.37 Å². The number of nitrogens with two attached hydrogens (primary N) is 1. The Morgan fingerprint density at radius 3 is 2.91 bits per heavy atom. The van der Waals surface area contributed by atoms with Crippen LogP contribution in [0.2, 0.25) is 0 Å². The second kappa shape index (κ2) is 4.04. The number of aromatic nitrogens is 2. The van der Waals surface area contributed by atoms with E-state index in [1.165, 1.54) is 11.5 Å². The summed E-state index contributed by atoms with van der Waals surface area (Å²) in [5.74, 6) is 1.76. The summed E-state index contributed by atoms with van der Waals surface area (Å²) in [5.41, 5.74) is 5.58. The lowest BCUT2D eigenvalue weighted by Crippen LogP contribution is -2.17. The molecule has 0 aliphatic rings. The molecule has 0 fully saturated rings. The van der Waals surface area contributed by atoms with Crippen LogP contribution in [-0.4, -0.2) is 21.2 Å². The van der Waals surface area contributed by atoms with Gasteiger partial charge in [0.1, 0.15) is 5.82 Å². The molecule has 0 spiro atoms. The molecule has 62 valence electrons. The van der Waals surface area contributed by atoms with Gasteiger partial charge in [-0.25, -0.2) is 4.98 Å². The van der Waals surface area contributed by atoms with Gasteiger partial charge in [0.25, 0.3) is 0 Å². The third-order valence-corrected chi connectivity index (χ3v) is 3.19. The van der Waals surface area contributed by atoms with Crippen molar-refractivity contribution in [3.8, 4) is 0 Å². The van der Waals surface area contributed by atoms with E-state index in [9.17, 15) is 0 Å². The lowest BCUT2D eigenvalue weighted by molar-refractivity contribution is 0.846. The zero-order valence-electron chi connectivity index (χ0n) is 6.57. The minimum Gasteiger partial charge on any atom is -0.327 e. The molecule has 1 heterocycles. The molecule has 0 aliphatic carbocycles. The van der Waals surface area contributed by atoms with E-state index in [0.717, 1.165) is 15.9 Å². The number of hydrogen-bond donors (Lipinski definition) is 1. The molecular weight excluding hydrogens is 178 g/mol. The van der Waals surface area contributed by atoms with E-state index in [0.29, 0.717) is 0 Å². The van der Waals surface area contributed by atoms with E-state index < -0.39 is 0 Å². The molecule has 0 saturated heterocycles. The first-order valence-electron chi connectivity index (χ1n) is 3.37. The van der Waals surface area contributed by atoms with E-state index in [1.807, 2.05) is 13.8 Å². The molecule has 0 aliphatic heterocycles. The highest BCUT2D eigenvalue weighted by Crippen LogP contribution is 2.19. The molecule has 0 radical (unpaired) electrons. The second-order valence-electron chi connectivity index (χ2n) is 2.40. The Kier molecular flexibility index (Phi) is 3.29. The van der Waals surface area contributed by atoms with Gasteiger partial charge in [0.05, 0.1) is 0 Å². The number of nitrogens with zero attached hydrogens (tertiary/aromatic N) is 2. The number of aryl methyl sites for hydroxylation is 1. The maximum Gasteiger partial charge on any atom is 0.170 e. The van der Waals surface area contributed by atoms with Gasteiger partial charge < -0.3 is 5.73 Å². The molecule has 2 N–H and O–H groups in total. The summed E-state index contributed by atoms with van der Waals surface area (Å²) >= 11 is 3.11. The monoisotopic (exact) mass is 189 g/mol. The summed E-state index contributed by atoms with van der Waals surface area (Å²) < 4.78 is 5.08. The van der Waals surface area contributed by atoms with Crippen molar-refractivity contribution in [3.63, 3.8) is 0 Å². The molecule has 0 amide bonds. The zero-order chi connectivity index (χ0) is 8.27. The van der Waals surface area contributed by atoms with Gasteiger partial charge >= 0.3 is 0 Å². The van der Waals surface area contributed by atoms with Crippen molar-refractivity contribution in [2.24, 2.45) is 5.73 Å². The van der Waals surface area contributed by atoms with Crippen molar-refractivity contribution in [2.45, 2.75) is 24.2 Å². The van der Waals surface area contributed by atoms with Crippen LogP contribution in [0.25, 0.3) is 0 Å². The SMILES string of the molecule is Cc1nsc(SC[C@H](C)N)n1. The van der Waals surface area contributed by atoms with Gasteiger partial charge in [0, 0.05) is 11.8 Å². The van der Waals surface area contributed by atoms with Gasteiger partial charge in [0.2, 0.25) is 0 Å². The van der Waals surface area contributed by atoms with Gasteiger partial charge in [-0.3, -0.25) is 0 Å². The van der Waals surface area contributed by atoms with Crippen molar-refractivity contribution >= 4 is 23.3 Å². The van der Waals surface area contributed by atoms with E-state index in [1.54, 1.807) is 11.8 Å². The molecule has 5 heteroatoms. The standard InChI is InChI=1S/C6H11N3S2/c1-4(7)3-10-6-8-5(2)9-11-6/h4H,3,7H2,1-2H3/t4-/m0/s1. The Morgan fingerprint density at radius 1 is 1.73 bits per heavy atom. The Balaban J connectivity index is 2.39. The maximum atomic E-state index is 5.58. The minimum atomic E-state index is 0.226. The summed E-state index contributed by atoms with van der Waals surface area (Å²) in [5, 5.41) is 0. The largest absolute Gasteiger partial charge is 0.327 e. The first kappa shape index (κ1) is 8.96. The van der Waals surface area contributed by atoms with Crippen molar-refractivity contribution in [1.29, 1.82) is 0 Å². The van der Waals surface area contributed by atoms with Crippen LogP contribution in [0.1, 0.15) is 12.7 Å². The highest BCUT2D eigenvalue weighted by molar-refractivity contribution is 8.00. The lowest BCUT2D eigenvalue weighted by Gasteiger charge is -1.99. The molecular formula is C6H11N3S2. The van der Waals surface area contributed by atoms with Crippen LogP contribution in [-0.2, 0) is 0 Å². The fraction of sp³-hybridized carbons (Fsp3) is 0.667. The number of thioether (sulfide) groups is 1. The number of hydrogen-bond acceptors (Lipinski definition) is 5. The van der Waals surface area contributed by atoms with Crippen molar-refractivity contribution in [2.75, 3.05) is 5.75 Å². The third-order valence-electron chi connectivity index (χ3n) is 0.979. The van der Waals surface area contributed by atoms with E-state index in [2.05, 4.69) is 9.36 Å². The van der Waals surface area contributed by atoms with Gasteiger partial charge in [0.15, 0.2) is 4.34 Å². The highest BCUT2D eigenvalue weighted by atomic mass is 32.2. The Morgan fingerprint density at radius 2 is 2.45 bits per heavy atom. The average molecular weight is 189 g/mol. The molecule has 11 heavy (non-hydrogen) atoms. The number of rotatable bonds is 3. The molecule has 1 atom stereocenters. The molecule has 3 nitrogen and oxygen atoms in total. The van der Waals surface area contributed by atoms with Crippen LogP contribution in [0.4, 0.5) is 0 Å². The van der Waals surface area contributed by atoms with Crippen LogP contribution < -0.4 is 5.73 Å². The normalized spacial score (nSPS) is 13.4. The first-order valence-corrected chi connectivity index (χ1v) is 5.13. The molecule has 1 aromatic heterocycles. The molecule has 0 bridgehead atoms. The van der Waals surface area contributed by atoms with E-state index in [4.69, 9.17) is 5.73 Å². The summed E-state index contributed by atoms with van der Waals surface area (Å²) in [6.07, 6.45) is 0.